The Kier molecular flexibility index (Phi) is 8.47. The van der Waals surface area contributed by atoms with Crippen LogP contribution in [0.2, 0.25) is 0 Å². The number of hydrogen-bond acceptors (Lipinski definition) is 5. The second kappa shape index (κ2) is 10.1. The quantitative estimate of drug-likeness (QED) is 0.0817. The highest BCUT2D eigenvalue weighted by atomic mass is 127. The number of esters is 1. The Morgan fingerprint density at radius 2 is 1.77 bits per heavy atom. The lowest BCUT2D eigenvalue weighted by Gasteiger charge is -2.42. The van der Waals surface area contributed by atoms with E-state index < -0.39 is 5.41 Å². The molecule has 0 aliphatic carbocycles. The van der Waals surface area contributed by atoms with Crippen LogP contribution < -0.4 is 5.63 Å². The molecule has 0 spiro atoms. The van der Waals surface area contributed by atoms with Crippen molar-refractivity contribution in [1.29, 1.82) is 0 Å². The molecule has 0 fully saturated rings. The SMILES string of the molecule is CC(C)(I)CC(C)(C)C(C)(C)C(=O)OCCCCSc1cc(=O)oc2ccccc12. The number of fused-ring (bicyclic) bond motifs is 1. The maximum absolute atomic E-state index is 12.8. The van der Waals surface area contributed by atoms with Gasteiger partial charge in [-0.2, -0.15) is 0 Å². The van der Waals surface area contributed by atoms with E-state index >= 15 is 0 Å². The normalized spacial score (nSPS) is 12.9. The molecule has 0 bridgehead atoms. The molecule has 0 aliphatic heterocycles. The average molecular weight is 544 g/mol. The highest BCUT2D eigenvalue weighted by Crippen LogP contribution is 2.47. The first-order valence-electron chi connectivity index (χ1n) is 10.4. The van der Waals surface area contributed by atoms with Crippen molar-refractivity contribution in [3.8, 4) is 0 Å². The number of ether oxygens (including phenoxy) is 1. The van der Waals surface area contributed by atoms with Gasteiger partial charge in [0.25, 0.3) is 0 Å². The molecule has 6 heteroatoms. The zero-order valence-corrected chi connectivity index (χ0v) is 21.8. The molecule has 0 saturated carbocycles. The summed E-state index contributed by atoms with van der Waals surface area (Å²) in [4.78, 5) is 25.4. The van der Waals surface area contributed by atoms with E-state index in [0.29, 0.717) is 12.2 Å². The first-order valence-corrected chi connectivity index (χ1v) is 12.4. The van der Waals surface area contributed by atoms with Gasteiger partial charge in [0, 0.05) is 19.8 Å². The van der Waals surface area contributed by atoms with E-state index in [4.69, 9.17) is 9.15 Å². The van der Waals surface area contributed by atoms with Gasteiger partial charge in [0.15, 0.2) is 0 Å². The maximum atomic E-state index is 12.8. The lowest BCUT2D eigenvalue weighted by molar-refractivity contribution is -0.161. The van der Waals surface area contributed by atoms with E-state index in [1.165, 1.54) is 0 Å². The summed E-state index contributed by atoms with van der Waals surface area (Å²) in [6.07, 6.45) is 2.63. The summed E-state index contributed by atoms with van der Waals surface area (Å²) < 4.78 is 11.0. The highest BCUT2D eigenvalue weighted by molar-refractivity contribution is 14.1. The summed E-state index contributed by atoms with van der Waals surface area (Å²) in [7, 11) is 0. The Hall–Kier alpha value is -1.02. The number of carbonyl (C=O) groups excluding carboxylic acids is 1. The minimum atomic E-state index is -0.554. The number of benzene rings is 1. The molecule has 1 aromatic heterocycles. The predicted octanol–water partition coefficient (Wildman–Crippen LogP) is 6.86. The van der Waals surface area contributed by atoms with Crippen LogP contribution in [0.5, 0.6) is 0 Å². The summed E-state index contributed by atoms with van der Waals surface area (Å²) >= 11 is 4.08. The van der Waals surface area contributed by atoms with E-state index in [0.717, 1.165) is 35.3 Å². The van der Waals surface area contributed by atoms with E-state index in [9.17, 15) is 9.59 Å². The van der Waals surface area contributed by atoms with Crippen molar-refractivity contribution in [3.05, 3.63) is 40.8 Å². The van der Waals surface area contributed by atoms with Gasteiger partial charge in [-0.15, -0.1) is 11.8 Å². The monoisotopic (exact) mass is 544 g/mol. The molecule has 1 aromatic carbocycles. The van der Waals surface area contributed by atoms with Crippen LogP contribution in [0.25, 0.3) is 11.0 Å². The number of halogens is 1. The van der Waals surface area contributed by atoms with Gasteiger partial charge in [-0.25, -0.2) is 4.79 Å². The molecule has 2 rings (SSSR count). The first kappa shape index (κ1) is 25.2. The lowest BCUT2D eigenvalue weighted by Crippen LogP contribution is -2.43. The molecule has 1 heterocycles. The minimum Gasteiger partial charge on any atom is -0.465 e. The van der Waals surface area contributed by atoms with Crippen molar-refractivity contribution >= 4 is 51.3 Å². The third-order valence-electron chi connectivity index (χ3n) is 5.71. The van der Waals surface area contributed by atoms with E-state index in [2.05, 4.69) is 50.3 Å². The van der Waals surface area contributed by atoms with Crippen LogP contribution in [0.3, 0.4) is 0 Å². The summed E-state index contributed by atoms with van der Waals surface area (Å²) in [6, 6.07) is 9.12. The average Bonchev–Trinajstić information content (AvgIpc) is 2.61. The summed E-state index contributed by atoms with van der Waals surface area (Å²) in [5, 5.41) is 0.954. The van der Waals surface area contributed by atoms with Crippen molar-refractivity contribution in [1.82, 2.24) is 0 Å². The van der Waals surface area contributed by atoms with Gasteiger partial charge in [0.1, 0.15) is 5.58 Å². The standard InChI is InChI=1S/C24H33IO4S/c1-22(2,16-23(3,4)25)24(5,6)21(27)28-13-9-10-14-30-19-15-20(26)29-18-12-8-7-11-17(18)19/h7-8,11-12,15H,9-10,13-14,16H2,1-6H3. The third kappa shape index (κ3) is 6.74. The van der Waals surface area contributed by atoms with Gasteiger partial charge < -0.3 is 9.15 Å². The molecule has 0 aliphatic rings. The zero-order chi connectivity index (χ0) is 22.6. The predicted molar refractivity (Wildman–Crippen MR) is 134 cm³/mol. The van der Waals surface area contributed by atoms with Gasteiger partial charge in [0.05, 0.1) is 12.0 Å². The Bertz CT molecular complexity index is 925. The molecule has 0 unspecified atom stereocenters. The van der Waals surface area contributed by atoms with Crippen molar-refractivity contribution < 1.29 is 13.9 Å². The van der Waals surface area contributed by atoms with Gasteiger partial charge in [0.2, 0.25) is 0 Å². The third-order valence-corrected chi connectivity index (χ3v) is 7.23. The zero-order valence-electron chi connectivity index (χ0n) is 18.8. The molecular formula is C24H33IO4S. The lowest BCUT2D eigenvalue weighted by atomic mass is 9.64. The van der Waals surface area contributed by atoms with Gasteiger partial charge in [-0.3, -0.25) is 4.79 Å². The fourth-order valence-electron chi connectivity index (χ4n) is 3.48. The van der Waals surface area contributed by atoms with Crippen molar-refractivity contribution in [2.75, 3.05) is 12.4 Å². The molecule has 0 radical (unpaired) electrons. The second-order valence-corrected chi connectivity index (χ2v) is 13.6. The Labute approximate surface area is 197 Å². The molecule has 0 N–H and O–H groups in total. The molecule has 166 valence electrons. The Morgan fingerprint density at radius 1 is 1.10 bits per heavy atom. The van der Waals surface area contributed by atoms with Gasteiger partial charge in [-0.1, -0.05) is 68.5 Å². The van der Waals surface area contributed by atoms with Crippen molar-refractivity contribution in [3.63, 3.8) is 0 Å². The van der Waals surface area contributed by atoms with Crippen LogP contribution in [-0.2, 0) is 9.53 Å². The molecular weight excluding hydrogens is 511 g/mol. The maximum Gasteiger partial charge on any atom is 0.337 e. The molecule has 30 heavy (non-hydrogen) atoms. The number of para-hydroxylation sites is 1. The number of thioether (sulfide) groups is 1. The second-order valence-electron chi connectivity index (χ2n) is 9.52. The fraction of sp³-hybridized carbons (Fsp3) is 0.583. The molecule has 0 amide bonds. The minimum absolute atomic E-state index is 0.120. The number of alkyl halides is 1. The summed E-state index contributed by atoms with van der Waals surface area (Å²) in [5.74, 6) is 0.718. The topological polar surface area (TPSA) is 56.5 Å². The number of hydrogen-bond donors (Lipinski definition) is 0. The largest absolute Gasteiger partial charge is 0.465 e. The number of rotatable bonds is 10. The molecule has 2 aromatic rings. The Balaban J connectivity index is 1.82. The summed E-state index contributed by atoms with van der Waals surface area (Å²) in [5.41, 5.74) is -0.438. The van der Waals surface area contributed by atoms with Crippen LogP contribution in [0, 0.1) is 10.8 Å². The van der Waals surface area contributed by atoms with E-state index in [-0.39, 0.29) is 20.4 Å². The van der Waals surface area contributed by atoms with Crippen LogP contribution in [0.1, 0.15) is 60.8 Å². The van der Waals surface area contributed by atoms with Gasteiger partial charge in [-0.05, 0) is 50.3 Å². The first-order chi connectivity index (χ1) is 13.8. The van der Waals surface area contributed by atoms with Crippen LogP contribution in [-0.4, -0.2) is 21.8 Å². The van der Waals surface area contributed by atoms with E-state index in [1.54, 1.807) is 17.8 Å². The molecule has 4 nitrogen and oxygen atoms in total. The van der Waals surface area contributed by atoms with Crippen LogP contribution in [0.15, 0.2) is 44.4 Å². The van der Waals surface area contributed by atoms with Crippen LogP contribution >= 0.6 is 34.4 Å². The number of carbonyl (C=O) groups is 1. The van der Waals surface area contributed by atoms with Crippen molar-refractivity contribution in [2.45, 2.75) is 69.1 Å². The fourth-order valence-corrected chi connectivity index (χ4v) is 5.51. The number of unbranched alkanes of at least 4 members (excludes halogenated alkanes) is 1. The van der Waals surface area contributed by atoms with Gasteiger partial charge >= 0.3 is 11.6 Å². The highest BCUT2D eigenvalue weighted by Gasteiger charge is 2.46. The van der Waals surface area contributed by atoms with Crippen LogP contribution in [0.4, 0.5) is 0 Å². The molecule has 0 saturated heterocycles. The molecule has 0 atom stereocenters. The van der Waals surface area contributed by atoms with E-state index in [1.807, 2.05) is 38.1 Å². The Morgan fingerprint density at radius 3 is 2.43 bits per heavy atom. The van der Waals surface area contributed by atoms with Crippen molar-refractivity contribution in [2.24, 2.45) is 10.8 Å². The summed E-state index contributed by atoms with van der Waals surface area (Å²) in [6.45, 7) is 13.1. The smallest absolute Gasteiger partial charge is 0.337 e.